The second-order valence-electron chi connectivity index (χ2n) is 5.55. The smallest absolute Gasteiger partial charge is 0.162 e. The third-order valence-corrected chi connectivity index (χ3v) is 4.36. The first kappa shape index (κ1) is 15.3. The third-order valence-electron chi connectivity index (χ3n) is 4.36. The van der Waals surface area contributed by atoms with Crippen molar-refractivity contribution >= 4 is 0 Å². The van der Waals surface area contributed by atoms with Crippen LogP contribution in [0.2, 0.25) is 0 Å². The number of aliphatic hydroxyl groups is 1. The standard InChI is InChI=1S/C15H26N2O3/c1-4-10-17-13(12(19-2)11-16-17)14(18)15(20-3)8-6-5-7-9-15/h11,14,18H,4-10H2,1-3H3. The van der Waals surface area contributed by atoms with E-state index >= 15 is 0 Å². The molecule has 1 aromatic rings. The first-order valence-electron chi connectivity index (χ1n) is 7.51. The van der Waals surface area contributed by atoms with Crippen LogP contribution in [0.4, 0.5) is 0 Å². The van der Waals surface area contributed by atoms with Gasteiger partial charge in [-0.3, -0.25) is 4.68 Å². The van der Waals surface area contributed by atoms with Gasteiger partial charge in [0.2, 0.25) is 0 Å². The van der Waals surface area contributed by atoms with Gasteiger partial charge in [-0.15, -0.1) is 0 Å². The molecule has 1 unspecified atom stereocenters. The number of nitrogens with zero attached hydrogens (tertiary/aromatic N) is 2. The average molecular weight is 282 g/mol. The molecule has 2 rings (SSSR count). The molecule has 20 heavy (non-hydrogen) atoms. The summed E-state index contributed by atoms with van der Waals surface area (Å²) in [4.78, 5) is 0. The van der Waals surface area contributed by atoms with Gasteiger partial charge in [-0.1, -0.05) is 26.2 Å². The highest BCUT2D eigenvalue weighted by Gasteiger charge is 2.43. The zero-order valence-corrected chi connectivity index (χ0v) is 12.8. The van der Waals surface area contributed by atoms with Gasteiger partial charge in [0.05, 0.1) is 18.9 Å². The van der Waals surface area contributed by atoms with Gasteiger partial charge >= 0.3 is 0 Å². The Labute approximate surface area is 120 Å². The van der Waals surface area contributed by atoms with Gasteiger partial charge in [-0.25, -0.2) is 0 Å². The largest absolute Gasteiger partial charge is 0.493 e. The van der Waals surface area contributed by atoms with Crippen LogP contribution < -0.4 is 4.74 Å². The van der Waals surface area contributed by atoms with Crippen molar-refractivity contribution in [3.63, 3.8) is 0 Å². The van der Waals surface area contributed by atoms with Crippen LogP contribution in [0.15, 0.2) is 6.20 Å². The molecule has 0 radical (unpaired) electrons. The Kier molecular flexibility index (Phi) is 5.05. The molecule has 0 amide bonds. The molecule has 1 aliphatic rings. The summed E-state index contributed by atoms with van der Waals surface area (Å²) in [6.45, 7) is 2.87. The molecular formula is C15H26N2O3. The van der Waals surface area contributed by atoms with Gasteiger partial charge in [-0.2, -0.15) is 5.10 Å². The molecule has 1 fully saturated rings. The maximum absolute atomic E-state index is 10.9. The minimum Gasteiger partial charge on any atom is -0.493 e. The van der Waals surface area contributed by atoms with E-state index in [2.05, 4.69) is 12.0 Å². The van der Waals surface area contributed by atoms with E-state index in [4.69, 9.17) is 9.47 Å². The van der Waals surface area contributed by atoms with Crippen LogP contribution in [0.5, 0.6) is 5.75 Å². The molecule has 0 bridgehead atoms. The van der Waals surface area contributed by atoms with Gasteiger partial charge in [0.1, 0.15) is 11.8 Å². The first-order chi connectivity index (χ1) is 9.68. The van der Waals surface area contributed by atoms with Crippen molar-refractivity contribution in [2.75, 3.05) is 14.2 Å². The Morgan fingerprint density at radius 3 is 2.60 bits per heavy atom. The number of rotatable bonds is 6. The second kappa shape index (κ2) is 6.59. The molecule has 114 valence electrons. The maximum Gasteiger partial charge on any atom is 0.162 e. The Hall–Kier alpha value is -1.07. The van der Waals surface area contributed by atoms with Gasteiger partial charge in [0.25, 0.3) is 0 Å². The van der Waals surface area contributed by atoms with E-state index in [0.717, 1.165) is 44.3 Å². The molecule has 1 atom stereocenters. The summed E-state index contributed by atoms with van der Waals surface area (Å²) in [5.74, 6) is 0.646. The van der Waals surface area contributed by atoms with E-state index < -0.39 is 11.7 Å². The number of hydrogen-bond donors (Lipinski definition) is 1. The second-order valence-corrected chi connectivity index (χ2v) is 5.55. The van der Waals surface area contributed by atoms with Crippen LogP contribution in [0.1, 0.15) is 57.2 Å². The van der Waals surface area contributed by atoms with Crippen LogP contribution >= 0.6 is 0 Å². The van der Waals surface area contributed by atoms with Crippen LogP contribution in [0.3, 0.4) is 0 Å². The predicted molar refractivity (Wildman–Crippen MR) is 76.9 cm³/mol. The third kappa shape index (κ3) is 2.69. The highest BCUT2D eigenvalue weighted by atomic mass is 16.5. The van der Waals surface area contributed by atoms with Crippen molar-refractivity contribution in [2.45, 2.75) is 63.7 Å². The number of aliphatic hydroxyl groups excluding tert-OH is 1. The first-order valence-corrected chi connectivity index (χ1v) is 7.51. The summed E-state index contributed by atoms with van der Waals surface area (Å²) in [6, 6.07) is 0. The minimum atomic E-state index is -0.697. The fraction of sp³-hybridized carbons (Fsp3) is 0.800. The van der Waals surface area contributed by atoms with E-state index in [-0.39, 0.29) is 0 Å². The minimum absolute atomic E-state index is 0.503. The fourth-order valence-corrected chi connectivity index (χ4v) is 3.19. The molecule has 1 aromatic heterocycles. The summed E-state index contributed by atoms with van der Waals surface area (Å²) in [7, 11) is 3.31. The summed E-state index contributed by atoms with van der Waals surface area (Å²) in [5.41, 5.74) is 0.245. The van der Waals surface area contributed by atoms with Gasteiger partial charge in [0, 0.05) is 13.7 Å². The average Bonchev–Trinajstić information content (AvgIpc) is 2.90. The van der Waals surface area contributed by atoms with Crippen LogP contribution in [-0.4, -0.2) is 34.7 Å². The van der Waals surface area contributed by atoms with E-state index in [1.165, 1.54) is 6.42 Å². The van der Waals surface area contributed by atoms with Crippen LogP contribution in [0, 0.1) is 0 Å². The number of aromatic nitrogens is 2. The van der Waals surface area contributed by atoms with Crippen molar-refractivity contribution < 1.29 is 14.6 Å². The molecule has 1 N–H and O–H groups in total. The quantitative estimate of drug-likeness (QED) is 0.871. The van der Waals surface area contributed by atoms with Gasteiger partial charge < -0.3 is 14.6 Å². The van der Waals surface area contributed by atoms with Crippen molar-refractivity contribution in [3.8, 4) is 5.75 Å². The molecule has 5 heteroatoms. The number of ether oxygens (including phenoxy) is 2. The molecular weight excluding hydrogens is 256 g/mol. The Morgan fingerprint density at radius 2 is 2.05 bits per heavy atom. The SMILES string of the molecule is CCCn1ncc(OC)c1C(O)C1(OC)CCCCC1. The lowest BCUT2D eigenvalue weighted by molar-refractivity contribution is -0.128. The van der Waals surface area contributed by atoms with Crippen molar-refractivity contribution in [3.05, 3.63) is 11.9 Å². The number of hydrogen-bond acceptors (Lipinski definition) is 4. The lowest BCUT2D eigenvalue weighted by Crippen LogP contribution is -2.41. The lowest BCUT2D eigenvalue weighted by Gasteiger charge is -2.40. The molecule has 0 aromatic carbocycles. The van der Waals surface area contributed by atoms with Gasteiger partial charge in [-0.05, 0) is 19.3 Å². The van der Waals surface area contributed by atoms with Crippen molar-refractivity contribution in [2.24, 2.45) is 0 Å². The molecule has 1 saturated carbocycles. The summed E-state index contributed by atoms with van der Waals surface area (Å²) < 4.78 is 13.0. The lowest BCUT2D eigenvalue weighted by atomic mass is 9.79. The van der Waals surface area contributed by atoms with E-state index in [9.17, 15) is 5.11 Å². The zero-order chi connectivity index (χ0) is 14.6. The molecule has 1 aliphatic carbocycles. The molecule has 0 aliphatic heterocycles. The van der Waals surface area contributed by atoms with E-state index in [0.29, 0.717) is 5.75 Å². The van der Waals surface area contributed by atoms with E-state index in [1.54, 1.807) is 20.4 Å². The maximum atomic E-state index is 10.9. The summed E-state index contributed by atoms with van der Waals surface area (Å²) in [6.07, 6.45) is 7.10. The Morgan fingerprint density at radius 1 is 1.35 bits per heavy atom. The fourth-order valence-electron chi connectivity index (χ4n) is 3.19. The van der Waals surface area contributed by atoms with Crippen molar-refractivity contribution in [1.82, 2.24) is 9.78 Å². The molecule has 5 nitrogen and oxygen atoms in total. The Bertz CT molecular complexity index is 425. The van der Waals surface area contributed by atoms with Gasteiger partial charge in [0.15, 0.2) is 5.75 Å². The topological polar surface area (TPSA) is 56.5 Å². The number of aryl methyl sites for hydroxylation is 1. The number of methoxy groups -OCH3 is 2. The highest BCUT2D eigenvalue weighted by molar-refractivity contribution is 5.29. The molecule has 0 spiro atoms. The zero-order valence-electron chi connectivity index (χ0n) is 12.8. The van der Waals surface area contributed by atoms with E-state index in [1.807, 2.05) is 4.68 Å². The highest BCUT2D eigenvalue weighted by Crippen LogP contribution is 2.43. The monoisotopic (exact) mass is 282 g/mol. The molecule has 0 saturated heterocycles. The normalized spacial score (nSPS) is 19.8. The summed E-state index contributed by atoms with van der Waals surface area (Å²) in [5, 5.41) is 15.3. The predicted octanol–water partition coefficient (Wildman–Crippen LogP) is 2.68. The van der Waals surface area contributed by atoms with Crippen LogP contribution in [0.25, 0.3) is 0 Å². The molecule has 1 heterocycles. The Balaban J connectivity index is 2.34. The van der Waals surface area contributed by atoms with Crippen molar-refractivity contribution in [1.29, 1.82) is 0 Å². The summed E-state index contributed by atoms with van der Waals surface area (Å²) >= 11 is 0. The van der Waals surface area contributed by atoms with Crippen LogP contribution in [-0.2, 0) is 11.3 Å².